The van der Waals surface area contributed by atoms with Gasteiger partial charge in [0.1, 0.15) is 5.82 Å². The van der Waals surface area contributed by atoms with E-state index in [0.717, 1.165) is 5.56 Å². The van der Waals surface area contributed by atoms with Gasteiger partial charge in [0.05, 0.1) is 12.6 Å². The Morgan fingerprint density at radius 1 is 1.12 bits per heavy atom. The standard InChI is InChI=1S/C24H26ClFN4O3/c1-14(2)23(32)28-21-12-22(31)29-24(30(21)13-16-5-7-17(25)8-6-16)27-18-9-10-20(19(26)11-18)33-15(3)4/h5-12,14-15H,13H2,1-4H3,(H,28,32)(H,27,29,31). The second kappa shape index (κ2) is 10.5. The lowest BCUT2D eigenvalue weighted by molar-refractivity contribution is -0.118. The molecule has 1 amide bonds. The first-order valence-electron chi connectivity index (χ1n) is 10.5. The van der Waals surface area contributed by atoms with Gasteiger partial charge < -0.3 is 15.4 Å². The molecule has 0 aliphatic carbocycles. The molecule has 33 heavy (non-hydrogen) atoms. The summed E-state index contributed by atoms with van der Waals surface area (Å²) in [4.78, 5) is 28.7. The largest absolute Gasteiger partial charge is 0.488 e. The smallest absolute Gasteiger partial charge is 0.276 e. The van der Waals surface area contributed by atoms with E-state index in [2.05, 4.69) is 15.6 Å². The van der Waals surface area contributed by atoms with Crippen molar-refractivity contribution in [3.63, 3.8) is 0 Å². The summed E-state index contributed by atoms with van der Waals surface area (Å²) in [7, 11) is 0. The van der Waals surface area contributed by atoms with Crippen LogP contribution in [-0.2, 0) is 11.3 Å². The van der Waals surface area contributed by atoms with Crippen LogP contribution in [0.25, 0.3) is 0 Å². The quantitative estimate of drug-likeness (QED) is 0.470. The average molecular weight is 473 g/mol. The third-order valence-electron chi connectivity index (χ3n) is 4.60. The molecule has 0 unspecified atom stereocenters. The summed E-state index contributed by atoms with van der Waals surface area (Å²) in [5.74, 6) is -0.557. The van der Waals surface area contributed by atoms with Crippen LogP contribution in [0.2, 0.25) is 5.02 Å². The van der Waals surface area contributed by atoms with Gasteiger partial charge in [0, 0.05) is 28.8 Å². The lowest BCUT2D eigenvalue weighted by Gasteiger charge is -2.20. The number of aromatic nitrogens is 2. The van der Waals surface area contributed by atoms with Crippen molar-refractivity contribution in [3.05, 3.63) is 75.3 Å². The maximum Gasteiger partial charge on any atom is 0.276 e. The molecule has 1 aromatic heterocycles. The van der Waals surface area contributed by atoms with E-state index < -0.39 is 11.4 Å². The van der Waals surface area contributed by atoms with Gasteiger partial charge in [0.25, 0.3) is 5.56 Å². The summed E-state index contributed by atoms with van der Waals surface area (Å²) < 4.78 is 21.6. The fraction of sp³-hybridized carbons (Fsp3) is 0.292. The van der Waals surface area contributed by atoms with Crippen molar-refractivity contribution in [2.75, 3.05) is 10.6 Å². The number of anilines is 3. The first-order chi connectivity index (χ1) is 15.6. The van der Waals surface area contributed by atoms with E-state index in [1.165, 1.54) is 18.2 Å². The van der Waals surface area contributed by atoms with Gasteiger partial charge in [-0.3, -0.25) is 14.2 Å². The number of halogens is 2. The van der Waals surface area contributed by atoms with E-state index in [-0.39, 0.29) is 42.0 Å². The number of carbonyl (C=O) groups is 1. The van der Waals surface area contributed by atoms with Gasteiger partial charge >= 0.3 is 0 Å². The number of hydrogen-bond donors (Lipinski definition) is 2. The van der Waals surface area contributed by atoms with Gasteiger partial charge in [0.2, 0.25) is 11.9 Å². The van der Waals surface area contributed by atoms with Crippen LogP contribution in [0.1, 0.15) is 33.3 Å². The molecule has 0 fully saturated rings. The van der Waals surface area contributed by atoms with Crippen LogP contribution < -0.4 is 20.9 Å². The molecule has 7 nitrogen and oxygen atoms in total. The van der Waals surface area contributed by atoms with Crippen LogP contribution in [0.3, 0.4) is 0 Å². The van der Waals surface area contributed by atoms with Crippen molar-refractivity contribution in [1.82, 2.24) is 9.55 Å². The normalized spacial score (nSPS) is 11.0. The Morgan fingerprint density at radius 2 is 1.82 bits per heavy atom. The molecule has 1 heterocycles. The second-order valence-corrected chi connectivity index (χ2v) is 8.53. The van der Waals surface area contributed by atoms with Gasteiger partial charge in [-0.15, -0.1) is 0 Å². The molecule has 0 saturated carbocycles. The van der Waals surface area contributed by atoms with Crippen molar-refractivity contribution in [2.24, 2.45) is 5.92 Å². The first kappa shape index (κ1) is 24.3. The summed E-state index contributed by atoms with van der Waals surface area (Å²) in [5, 5.41) is 6.35. The summed E-state index contributed by atoms with van der Waals surface area (Å²) in [6.07, 6.45) is -0.175. The molecule has 0 bridgehead atoms. The molecule has 2 N–H and O–H groups in total. The number of amides is 1. The fourth-order valence-electron chi connectivity index (χ4n) is 2.97. The Bertz CT molecular complexity index is 1190. The molecular weight excluding hydrogens is 447 g/mol. The number of hydrogen-bond acceptors (Lipinski definition) is 5. The molecule has 3 rings (SSSR count). The molecule has 0 radical (unpaired) electrons. The highest BCUT2D eigenvalue weighted by molar-refractivity contribution is 6.30. The highest BCUT2D eigenvalue weighted by Crippen LogP contribution is 2.25. The third kappa shape index (κ3) is 6.55. The zero-order valence-electron chi connectivity index (χ0n) is 18.9. The minimum atomic E-state index is -0.552. The van der Waals surface area contributed by atoms with Crippen LogP contribution in [0.5, 0.6) is 5.75 Å². The van der Waals surface area contributed by atoms with E-state index in [0.29, 0.717) is 10.7 Å². The predicted octanol–water partition coefficient (Wildman–Crippen LogP) is 5.21. The third-order valence-corrected chi connectivity index (χ3v) is 4.86. The maximum atomic E-state index is 14.5. The predicted molar refractivity (Wildman–Crippen MR) is 128 cm³/mol. The van der Waals surface area contributed by atoms with Gasteiger partial charge in [-0.2, -0.15) is 4.98 Å². The highest BCUT2D eigenvalue weighted by Gasteiger charge is 2.16. The first-order valence-corrected chi connectivity index (χ1v) is 10.9. The van der Waals surface area contributed by atoms with Crippen molar-refractivity contribution in [3.8, 4) is 5.75 Å². The number of carbonyl (C=O) groups excluding carboxylic acids is 1. The molecule has 0 aliphatic heterocycles. The Balaban J connectivity index is 2.02. The lowest BCUT2D eigenvalue weighted by atomic mass is 10.2. The zero-order chi connectivity index (χ0) is 24.1. The molecule has 3 aromatic rings. The van der Waals surface area contributed by atoms with Crippen molar-refractivity contribution in [1.29, 1.82) is 0 Å². The topological polar surface area (TPSA) is 85.2 Å². The number of ether oxygens (including phenoxy) is 1. The van der Waals surface area contributed by atoms with E-state index >= 15 is 0 Å². The molecule has 0 atom stereocenters. The molecular formula is C24H26ClFN4O3. The Morgan fingerprint density at radius 3 is 2.42 bits per heavy atom. The number of benzene rings is 2. The second-order valence-electron chi connectivity index (χ2n) is 8.10. The van der Waals surface area contributed by atoms with E-state index in [9.17, 15) is 14.0 Å². The van der Waals surface area contributed by atoms with Crippen LogP contribution >= 0.6 is 11.6 Å². The number of nitrogens with zero attached hydrogens (tertiary/aromatic N) is 2. The molecule has 0 aliphatic rings. The van der Waals surface area contributed by atoms with Crippen molar-refractivity contribution in [2.45, 2.75) is 40.3 Å². The van der Waals surface area contributed by atoms with Crippen LogP contribution in [0.4, 0.5) is 21.8 Å². The monoisotopic (exact) mass is 472 g/mol. The molecule has 0 saturated heterocycles. The Hall–Kier alpha value is -3.39. The minimum absolute atomic E-state index is 0.125. The SMILES string of the molecule is CC(C)Oc1ccc(Nc2nc(=O)cc(NC(=O)C(C)C)n2Cc2ccc(Cl)cc2)cc1F. The van der Waals surface area contributed by atoms with Gasteiger partial charge in [0.15, 0.2) is 11.6 Å². The van der Waals surface area contributed by atoms with Gasteiger partial charge in [-0.1, -0.05) is 37.6 Å². The van der Waals surface area contributed by atoms with E-state index in [1.807, 2.05) is 26.0 Å². The molecule has 2 aromatic carbocycles. The summed E-state index contributed by atoms with van der Waals surface area (Å²) in [5.41, 5.74) is 0.677. The van der Waals surface area contributed by atoms with Crippen molar-refractivity contribution >= 4 is 35.0 Å². The van der Waals surface area contributed by atoms with E-state index in [4.69, 9.17) is 16.3 Å². The lowest BCUT2D eigenvalue weighted by Crippen LogP contribution is -2.25. The van der Waals surface area contributed by atoms with E-state index in [1.54, 1.807) is 36.6 Å². The summed E-state index contributed by atoms with van der Waals surface area (Å²) >= 11 is 5.99. The van der Waals surface area contributed by atoms with Crippen LogP contribution in [-0.4, -0.2) is 21.6 Å². The highest BCUT2D eigenvalue weighted by atomic mass is 35.5. The average Bonchev–Trinajstić information content (AvgIpc) is 2.73. The molecule has 0 spiro atoms. The fourth-order valence-corrected chi connectivity index (χ4v) is 3.09. The Kier molecular flexibility index (Phi) is 7.71. The Labute approximate surface area is 196 Å². The number of rotatable bonds is 8. The van der Waals surface area contributed by atoms with Crippen LogP contribution in [0, 0.1) is 11.7 Å². The minimum Gasteiger partial charge on any atom is -0.488 e. The van der Waals surface area contributed by atoms with Crippen LogP contribution in [0.15, 0.2) is 53.3 Å². The zero-order valence-corrected chi connectivity index (χ0v) is 19.6. The molecule has 174 valence electrons. The number of nitrogens with one attached hydrogen (secondary N) is 2. The maximum absolute atomic E-state index is 14.5. The summed E-state index contributed by atoms with van der Waals surface area (Å²) in [6, 6.07) is 12.8. The summed E-state index contributed by atoms with van der Waals surface area (Å²) in [6.45, 7) is 7.39. The molecule has 9 heteroatoms. The van der Waals surface area contributed by atoms with Gasteiger partial charge in [-0.05, 0) is 43.7 Å². The van der Waals surface area contributed by atoms with Gasteiger partial charge in [-0.25, -0.2) is 4.39 Å². The van der Waals surface area contributed by atoms with Crippen molar-refractivity contribution < 1.29 is 13.9 Å².